The minimum atomic E-state index is 0. The molecule has 0 aromatic heterocycles. The lowest BCUT2D eigenvalue weighted by Gasteiger charge is -1.98. The molecule has 70 valence electrons. The van der Waals surface area contributed by atoms with Crippen LogP contribution in [0.25, 0.3) is 10.8 Å². The predicted molar refractivity (Wildman–Crippen MR) is 53.8 cm³/mol. The molecule has 0 fully saturated rings. The Morgan fingerprint density at radius 2 is 1.71 bits per heavy atom. The molecule has 2 heteroatoms. The molecule has 1 nitrogen and oxygen atoms in total. The van der Waals surface area contributed by atoms with Gasteiger partial charge in [0.15, 0.2) is 12.8 Å². The Labute approximate surface area is 88.9 Å². The maximum Gasteiger partial charge on any atom is 0.169 e. The molecule has 0 radical (unpaired) electrons. The van der Waals surface area contributed by atoms with Crippen molar-refractivity contribution in [2.24, 2.45) is 0 Å². The maximum atomic E-state index is 3.24. The fraction of sp³-hybridized carbons (Fsp3) is 0.0833. The predicted octanol–water partition coefficient (Wildman–Crippen LogP) is -2.14. The van der Waals surface area contributed by atoms with Crippen LogP contribution in [-0.2, 0) is 6.54 Å². The van der Waals surface area contributed by atoms with E-state index in [0.29, 0.717) is 0 Å². The van der Waals surface area contributed by atoms with Crippen molar-refractivity contribution in [1.29, 1.82) is 0 Å². The second-order valence-electron chi connectivity index (χ2n) is 3.42. The van der Waals surface area contributed by atoms with Gasteiger partial charge in [-0.05, 0) is 22.9 Å². The first-order valence-corrected chi connectivity index (χ1v) is 4.52. The quantitative estimate of drug-likeness (QED) is 0.503. The second kappa shape index (κ2) is 3.43. The minimum absolute atomic E-state index is 0. The van der Waals surface area contributed by atoms with E-state index in [1.165, 1.54) is 21.9 Å². The van der Waals surface area contributed by atoms with Crippen molar-refractivity contribution in [2.45, 2.75) is 6.54 Å². The summed E-state index contributed by atoms with van der Waals surface area (Å²) in [5.41, 5.74) is 2.73. The fourth-order valence-electron chi connectivity index (χ4n) is 1.86. The maximum absolute atomic E-state index is 3.24. The van der Waals surface area contributed by atoms with Crippen molar-refractivity contribution < 1.29 is 17.4 Å². The molecule has 0 spiro atoms. The number of benzene rings is 2. The first kappa shape index (κ1) is 9.22. The summed E-state index contributed by atoms with van der Waals surface area (Å²) < 4.78 is 0. The van der Waals surface area contributed by atoms with Crippen molar-refractivity contribution in [1.82, 2.24) is 0 Å². The van der Waals surface area contributed by atoms with Crippen LogP contribution in [0.5, 0.6) is 0 Å². The van der Waals surface area contributed by atoms with Crippen LogP contribution < -0.4 is 17.4 Å². The van der Waals surface area contributed by atoms with Crippen molar-refractivity contribution in [2.75, 3.05) is 0 Å². The van der Waals surface area contributed by atoms with Crippen LogP contribution in [0.3, 0.4) is 0 Å². The largest absolute Gasteiger partial charge is 1.00 e. The Kier molecular flexibility index (Phi) is 2.26. The summed E-state index contributed by atoms with van der Waals surface area (Å²) in [4.78, 5) is 3.24. The Hall–Kier alpha value is -1.34. The number of nitrogens with one attached hydrogen (secondary N) is 1. The van der Waals surface area contributed by atoms with Gasteiger partial charge in [0, 0.05) is 11.1 Å². The third-order valence-corrected chi connectivity index (χ3v) is 2.56. The molecule has 0 bridgehead atoms. The fourth-order valence-corrected chi connectivity index (χ4v) is 1.86. The molecular formula is C12H10ClN. The standard InChI is InChI=1S/C12H9N.ClH/c1-2-4-10-6-12-8-13-7-11(12)5-9(10)3-1;/h1-7H,8H2;1H. The molecule has 1 aliphatic heterocycles. The van der Waals surface area contributed by atoms with Gasteiger partial charge in [-0.3, -0.25) is 0 Å². The molecule has 1 aliphatic rings. The summed E-state index contributed by atoms with van der Waals surface area (Å²) in [6.45, 7) is 0.972. The second-order valence-corrected chi connectivity index (χ2v) is 3.42. The molecule has 0 saturated carbocycles. The average molecular weight is 204 g/mol. The normalized spacial score (nSPS) is 12.6. The van der Waals surface area contributed by atoms with Crippen molar-refractivity contribution in [3.63, 3.8) is 0 Å². The smallest absolute Gasteiger partial charge is 0.169 e. The van der Waals surface area contributed by atoms with Gasteiger partial charge in [-0.1, -0.05) is 24.3 Å². The number of fused-ring (bicyclic) bond motifs is 2. The summed E-state index contributed by atoms with van der Waals surface area (Å²) in [7, 11) is 0. The minimum Gasteiger partial charge on any atom is -1.00 e. The van der Waals surface area contributed by atoms with Crippen LogP contribution in [0.1, 0.15) is 11.1 Å². The molecular weight excluding hydrogens is 194 g/mol. The molecule has 2 aromatic carbocycles. The highest BCUT2D eigenvalue weighted by molar-refractivity contribution is 5.91. The molecule has 14 heavy (non-hydrogen) atoms. The third kappa shape index (κ3) is 1.30. The summed E-state index contributed by atoms with van der Waals surface area (Å²) in [5.74, 6) is 0. The van der Waals surface area contributed by atoms with E-state index in [1.54, 1.807) is 0 Å². The monoisotopic (exact) mass is 203 g/mol. The highest BCUT2D eigenvalue weighted by atomic mass is 35.5. The van der Waals surface area contributed by atoms with Crippen LogP contribution in [0, 0.1) is 0 Å². The Morgan fingerprint density at radius 1 is 1.00 bits per heavy atom. The van der Waals surface area contributed by atoms with E-state index >= 15 is 0 Å². The molecule has 0 aliphatic carbocycles. The third-order valence-electron chi connectivity index (χ3n) is 2.56. The van der Waals surface area contributed by atoms with Crippen LogP contribution in [-0.4, -0.2) is 6.21 Å². The molecule has 0 atom stereocenters. The van der Waals surface area contributed by atoms with E-state index in [1.807, 2.05) is 0 Å². The molecule has 1 N–H and O–H groups in total. The summed E-state index contributed by atoms with van der Waals surface area (Å²) in [6.07, 6.45) is 2.09. The van der Waals surface area contributed by atoms with Gasteiger partial charge in [0.2, 0.25) is 0 Å². The zero-order valence-electron chi connectivity index (χ0n) is 7.63. The van der Waals surface area contributed by atoms with Gasteiger partial charge in [-0.15, -0.1) is 0 Å². The van der Waals surface area contributed by atoms with Crippen molar-refractivity contribution in [3.05, 3.63) is 47.5 Å². The van der Waals surface area contributed by atoms with E-state index in [4.69, 9.17) is 0 Å². The van der Waals surface area contributed by atoms with Crippen molar-refractivity contribution >= 4 is 17.0 Å². The van der Waals surface area contributed by atoms with Gasteiger partial charge in [0.05, 0.1) is 0 Å². The summed E-state index contributed by atoms with van der Waals surface area (Å²) in [5, 5.41) is 2.65. The Balaban J connectivity index is 0.000000750. The van der Waals surface area contributed by atoms with E-state index in [0.717, 1.165) is 6.54 Å². The lowest BCUT2D eigenvalue weighted by Crippen LogP contribution is -3.00. The van der Waals surface area contributed by atoms with Gasteiger partial charge in [-0.25, -0.2) is 4.99 Å². The van der Waals surface area contributed by atoms with Gasteiger partial charge >= 0.3 is 0 Å². The zero-order valence-corrected chi connectivity index (χ0v) is 8.38. The van der Waals surface area contributed by atoms with Gasteiger partial charge in [0.25, 0.3) is 0 Å². The van der Waals surface area contributed by atoms with Crippen LogP contribution >= 0.6 is 0 Å². The SMILES string of the molecule is C1=[NH+]Cc2cc3ccccc3cc21.[Cl-]. The molecule has 3 rings (SSSR count). The number of rotatable bonds is 0. The molecule has 1 heterocycles. The molecule has 0 saturated heterocycles. The Morgan fingerprint density at radius 3 is 2.50 bits per heavy atom. The lowest BCUT2D eigenvalue weighted by molar-refractivity contribution is -0.464. The number of halogens is 1. The molecule has 0 amide bonds. The number of hydrogen-bond acceptors (Lipinski definition) is 0. The van der Waals surface area contributed by atoms with E-state index in [2.05, 4.69) is 47.6 Å². The van der Waals surface area contributed by atoms with E-state index in [-0.39, 0.29) is 12.4 Å². The number of hydrogen-bond donors (Lipinski definition) is 1. The van der Waals surface area contributed by atoms with Gasteiger partial charge in [0.1, 0.15) is 0 Å². The van der Waals surface area contributed by atoms with Crippen LogP contribution in [0.15, 0.2) is 36.4 Å². The topological polar surface area (TPSA) is 14.0 Å². The Bertz CT molecular complexity index is 503. The summed E-state index contributed by atoms with van der Waals surface area (Å²) in [6, 6.07) is 13.0. The van der Waals surface area contributed by atoms with E-state index in [9.17, 15) is 0 Å². The van der Waals surface area contributed by atoms with E-state index < -0.39 is 0 Å². The first-order valence-electron chi connectivity index (χ1n) is 4.52. The first-order chi connectivity index (χ1) is 6.43. The lowest BCUT2D eigenvalue weighted by atomic mass is 10.0. The summed E-state index contributed by atoms with van der Waals surface area (Å²) >= 11 is 0. The van der Waals surface area contributed by atoms with Gasteiger partial charge in [-0.2, -0.15) is 0 Å². The highest BCUT2D eigenvalue weighted by Crippen LogP contribution is 2.19. The van der Waals surface area contributed by atoms with Crippen molar-refractivity contribution in [3.8, 4) is 0 Å². The average Bonchev–Trinajstić information content (AvgIpc) is 2.61. The van der Waals surface area contributed by atoms with Crippen LogP contribution in [0.4, 0.5) is 0 Å². The molecule has 0 unspecified atom stereocenters. The zero-order chi connectivity index (χ0) is 8.67. The molecule has 2 aromatic rings. The van der Waals surface area contributed by atoms with Gasteiger partial charge < -0.3 is 12.4 Å². The van der Waals surface area contributed by atoms with Crippen LogP contribution in [0.2, 0.25) is 0 Å². The highest BCUT2D eigenvalue weighted by Gasteiger charge is 2.11.